The largest absolute Gasteiger partial charge is 0.573 e. The highest BCUT2D eigenvalue weighted by molar-refractivity contribution is 6.18. The van der Waals surface area contributed by atoms with Gasteiger partial charge < -0.3 is 10.1 Å². The van der Waals surface area contributed by atoms with Crippen LogP contribution in [0.25, 0.3) is 0 Å². The Morgan fingerprint density at radius 1 is 1.10 bits per heavy atom. The van der Waals surface area contributed by atoms with Crippen molar-refractivity contribution in [2.45, 2.75) is 39.6 Å². The van der Waals surface area contributed by atoms with Gasteiger partial charge in [-0.15, -0.1) is 24.8 Å². The third-order valence-corrected chi connectivity index (χ3v) is 4.34. The molecule has 0 amide bonds. The average Bonchev–Trinajstić information content (AvgIpc) is 2.44. The Kier molecular flexibility index (Phi) is 6.81. The van der Waals surface area contributed by atoms with Gasteiger partial charge in [0.15, 0.2) is 0 Å². The number of nitrogens with one attached hydrogen (secondary N) is 1. The van der Waals surface area contributed by atoms with Crippen molar-refractivity contribution in [3.63, 3.8) is 0 Å². The summed E-state index contributed by atoms with van der Waals surface area (Å²) in [4.78, 5) is 0. The Bertz CT molecular complexity index is 408. The molecular formula is C15H21ClF3NO. The van der Waals surface area contributed by atoms with Crippen LogP contribution in [0.4, 0.5) is 13.2 Å². The molecule has 1 aromatic rings. The van der Waals surface area contributed by atoms with Crippen LogP contribution in [-0.4, -0.2) is 18.8 Å². The minimum absolute atomic E-state index is 0.0703. The highest BCUT2D eigenvalue weighted by atomic mass is 35.5. The summed E-state index contributed by atoms with van der Waals surface area (Å²) in [5.74, 6) is 0.384. The zero-order valence-electron chi connectivity index (χ0n) is 12.3. The Labute approximate surface area is 128 Å². The average molecular weight is 324 g/mol. The van der Waals surface area contributed by atoms with E-state index in [0.717, 1.165) is 24.9 Å². The van der Waals surface area contributed by atoms with Crippen LogP contribution in [0.5, 0.6) is 5.75 Å². The number of halogens is 4. The van der Waals surface area contributed by atoms with E-state index in [1.807, 2.05) is 0 Å². The first-order valence-electron chi connectivity index (χ1n) is 6.95. The summed E-state index contributed by atoms with van der Waals surface area (Å²) in [5, 5.41) is 3.32. The van der Waals surface area contributed by atoms with E-state index >= 15 is 0 Å². The molecule has 2 nitrogen and oxygen atoms in total. The minimum Gasteiger partial charge on any atom is -0.406 e. The molecule has 21 heavy (non-hydrogen) atoms. The Morgan fingerprint density at radius 3 is 2.10 bits per heavy atom. The molecular weight excluding hydrogens is 303 g/mol. The molecule has 0 saturated heterocycles. The Balaban J connectivity index is 2.50. The third kappa shape index (κ3) is 6.14. The van der Waals surface area contributed by atoms with Gasteiger partial charge in [-0.1, -0.05) is 26.0 Å². The molecule has 120 valence electrons. The summed E-state index contributed by atoms with van der Waals surface area (Å²) in [6, 6.07) is 5.88. The highest BCUT2D eigenvalue weighted by Gasteiger charge is 2.31. The summed E-state index contributed by atoms with van der Waals surface area (Å²) >= 11 is 6.03. The normalized spacial score (nSPS) is 12.5. The van der Waals surface area contributed by atoms with Gasteiger partial charge in [-0.25, -0.2) is 0 Å². The predicted molar refractivity (Wildman–Crippen MR) is 78.6 cm³/mol. The number of hydrogen-bond acceptors (Lipinski definition) is 2. The minimum atomic E-state index is -4.65. The second-order valence-corrected chi connectivity index (χ2v) is 5.40. The number of rotatable bonds is 8. The summed E-state index contributed by atoms with van der Waals surface area (Å²) < 4.78 is 40.0. The lowest BCUT2D eigenvalue weighted by atomic mass is 9.84. The summed E-state index contributed by atoms with van der Waals surface area (Å²) in [5.41, 5.74) is 0.973. The van der Waals surface area contributed by atoms with Crippen molar-refractivity contribution < 1.29 is 17.9 Å². The van der Waals surface area contributed by atoms with E-state index in [1.165, 1.54) is 12.1 Å². The van der Waals surface area contributed by atoms with E-state index in [-0.39, 0.29) is 11.2 Å². The fraction of sp³-hybridized carbons (Fsp3) is 0.600. The standard InChI is InChI=1S/C15H21ClF3NO/c1-3-14(4-2,10-16)11-20-9-12-5-7-13(8-6-12)21-15(17,18)19/h5-8,20H,3-4,9-11H2,1-2H3. The first kappa shape index (κ1) is 18.1. The SMILES string of the molecule is CCC(CC)(CCl)CNCc1ccc(OC(F)(F)F)cc1. The second kappa shape index (κ2) is 7.90. The molecule has 0 aromatic heterocycles. The summed E-state index contributed by atoms with van der Waals surface area (Å²) in [6.45, 7) is 5.59. The maximum atomic E-state index is 12.0. The molecule has 6 heteroatoms. The summed E-state index contributed by atoms with van der Waals surface area (Å²) in [6.07, 6.45) is -2.68. The molecule has 1 rings (SSSR count). The molecule has 0 spiro atoms. The van der Waals surface area contributed by atoms with E-state index in [0.29, 0.717) is 12.4 Å². The fourth-order valence-corrected chi connectivity index (χ4v) is 2.49. The van der Waals surface area contributed by atoms with Gasteiger partial charge in [-0.05, 0) is 36.0 Å². The summed E-state index contributed by atoms with van der Waals surface area (Å²) in [7, 11) is 0. The first-order chi connectivity index (χ1) is 9.84. The van der Waals surface area contributed by atoms with Gasteiger partial charge >= 0.3 is 6.36 Å². The lowest BCUT2D eigenvalue weighted by molar-refractivity contribution is -0.274. The van der Waals surface area contributed by atoms with E-state index in [9.17, 15) is 13.2 Å². The van der Waals surface area contributed by atoms with Gasteiger partial charge in [0.1, 0.15) is 5.75 Å². The van der Waals surface area contributed by atoms with Crippen LogP contribution in [-0.2, 0) is 6.54 Å². The molecule has 0 heterocycles. The van der Waals surface area contributed by atoms with Gasteiger partial charge in [0, 0.05) is 19.0 Å². The molecule has 0 bridgehead atoms. The van der Waals surface area contributed by atoms with Crippen molar-refractivity contribution in [3.05, 3.63) is 29.8 Å². The monoisotopic (exact) mass is 323 g/mol. The zero-order chi connectivity index (χ0) is 15.9. The van der Waals surface area contributed by atoms with Crippen LogP contribution in [0.15, 0.2) is 24.3 Å². The van der Waals surface area contributed by atoms with Crippen molar-refractivity contribution in [1.82, 2.24) is 5.32 Å². The lowest BCUT2D eigenvalue weighted by Gasteiger charge is -2.29. The van der Waals surface area contributed by atoms with E-state index < -0.39 is 6.36 Å². The molecule has 0 fully saturated rings. The first-order valence-corrected chi connectivity index (χ1v) is 7.49. The maximum Gasteiger partial charge on any atom is 0.573 e. The number of hydrogen-bond donors (Lipinski definition) is 1. The van der Waals surface area contributed by atoms with Crippen LogP contribution < -0.4 is 10.1 Å². The molecule has 0 saturated carbocycles. The van der Waals surface area contributed by atoms with Crippen molar-refractivity contribution >= 4 is 11.6 Å². The molecule has 0 unspecified atom stereocenters. The quantitative estimate of drug-likeness (QED) is 0.699. The molecule has 0 aliphatic carbocycles. The van der Waals surface area contributed by atoms with Crippen molar-refractivity contribution in [2.24, 2.45) is 5.41 Å². The van der Waals surface area contributed by atoms with Crippen LogP contribution in [0.3, 0.4) is 0 Å². The van der Waals surface area contributed by atoms with E-state index in [4.69, 9.17) is 11.6 Å². The Morgan fingerprint density at radius 2 is 1.67 bits per heavy atom. The number of alkyl halides is 4. The van der Waals surface area contributed by atoms with Crippen LogP contribution in [0.2, 0.25) is 0 Å². The molecule has 0 radical (unpaired) electrons. The topological polar surface area (TPSA) is 21.3 Å². The van der Waals surface area contributed by atoms with Gasteiger partial charge in [-0.3, -0.25) is 0 Å². The molecule has 0 aliphatic heterocycles. The fourth-order valence-electron chi connectivity index (χ4n) is 2.02. The third-order valence-electron chi connectivity index (χ3n) is 3.77. The van der Waals surface area contributed by atoms with Crippen molar-refractivity contribution in [3.8, 4) is 5.75 Å². The maximum absolute atomic E-state index is 12.0. The van der Waals surface area contributed by atoms with Crippen LogP contribution in [0, 0.1) is 5.41 Å². The predicted octanol–water partition coefficient (Wildman–Crippen LogP) is 4.72. The Hall–Kier alpha value is -0.940. The highest BCUT2D eigenvalue weighted by Crippen LogP contribution is 2.27. The van der Waals surface area contributed by atoms with Gasteiger partial charge in [0.05, 0.1) is 0 Å². The van der Waals surface area contributed by atoms with E-state index in [1.54, 1.807) is 12.1 Å². The molecule has 1 N–H and O–H groups in total. The van der Waals surface area contributed by atoms with Gasteiger partial charge in [-0.2, -0.15) is 0 Å². The number of benzene rings is 1. The number of ether oxygens (including phenoxy) is 1. The second-order valence-electron chi connectivity index (χ2n) is 5.14. The lowest BCUT2D eigenvalue weighted by Crippen LogP contribution is -2.34. The van der Waals surface area contributed by atoms with Crippen molar-refractivity contribution in [1.29, 1.82) is 0 Å². The molecule has 0 aliphatic rings. The van der Waals surface area contributed by atoms with Gasteiger partial charge in [0.25, 0.3) is 0 Å². The zero-order valence-corrected chi connectivity index (χ0v) is 13.0. The molecule has 0 atom stereocenters. The van der Waals surface area contributed by atoms with Crippen LogP contribution >= 0.6 is 11.6 Å². The van der Waals surface area contributed by atoms with E-state index in [2.05, 4.69) is 23.9 Å². The van der Waals surface area contributed by atoms with Crippen molar-refractivity contribution in [2.75, 3.05) is 12.4 Å². The molecule has 1 aromatic carbocycles. The smallest absolute Gasteiger partial charge is 0.406 e. The van der Waals surface area contributed by atoms with Gasteiger partial charge in [0.2, 0.25) is 0 Å². The van der Waals surface area contributed by atoms with Crippen LogP contribution in [0.1, 0.15) is 32.3 Å².